The molecule has 0 aliphatic carbocycles. The molecule has 2 aromatic rings. The molecule has 122 valence electrons. The molecular formula is C16H19N3O3S. The molecule has 6 nitrogen and oxygen atoms in total. The van der Waals surface area contributed by atoms with Crippen LogP contribution in [-0.2, 0) is 10.0 Å². The third-order valence-corrected chi connectivity index (χ3v) is 5.30. The first kappa shape index (κ1) is 15.8. The minimum absolute atomic E-state index is 0.201. The zero-order chi connectivity index (χ0) is 16.4. The van der Waals surface area contributed by atoms with E-state index >= 15 is 0 Å². The molecule has 0 radical (unpaired) electrons. The van der Waals surface area contributed by atoms with E-state index in [0.29, 0.717) is 26.2 Å². The molecule has 1 heterocycles. The fourth-order valence-electron chi connectivity index (χ4n) is 2.69. The van der Waals surface area contributed by atoms with Crippen LogP contribution in [0.5, 0.6) is 0 Å². The molecule has 0 spiro atoms. The molecule has 0 aromatic heterocycles. The highest BCUT2D eigenvalue weighted by molar-refractivity contribution is 7.88. The van der Waals surface area contributed by atoms with Gasteiger partial charge in [-0.05, 0) is 22.9 Å². The fraction of sp³-hybridized carbons (Fsp3) is 0.312. The van der Waals surface area contributed by atoms with Crippen molar-refractivity contribution in [1.82, 2.24) is 9.21 Å². The van der Waals surface area contributed by atoms with Gasteiger partial charge in [-0.3, -0.25) is 0 Å². The van der Waals surface area contributed by atoms with Crippen LogP contribution in [0.4, 0.5) is 10.5 Å². The minimum Gasteiger partial charge on any atom is -0.322 e. The molecule has 2 aromatic carbocycles. The van der Waals surface area contributed by atoms with Crippen molar-refractivity contribution in [3.8, 4) is 0 Å². The lowest BCUT2D eigenvalue weighted by Gasteiger charge is -2.33. The Kier molecular flexibility index (Phi) is 4.23. The Morgan fingerprint density at radius 1 is 1.00 bits per heavy atom. The summed E-state index contributed by atoms with van der Waals surface area (Å²) in [5, 5.41) is 5.06. The van der Waals surface area contributed by atoms with Gasteiger partial charge in [0, 0.05) is 31.9 Å². The van der Waals surface area contributed by atoms with E-state index in [4.69, 9.17) is 0 Å². The second kappa shape index (κ2) is 6.17. The van der Waals surface area contributed by atoms with Crippen LogP contribution in [0.1, 0.15) is 0 Å². The molecule has 0 bridgehead atoms. The summed E-state index contributed by atoms with van der Waals surface area (Å²) >= 11 is 0. The predicted molar refractivity (Wildman–Crippen MR) is 91.0 cm³/mol. The molecule has 7 heteroatoms. The number of nitrogens with one attached hydrogen (secondary N) is 1. The van der Waals surface area contributed by atoms with Crippen molar-refractivity contribution in [2.45, 2.75) is 0 Å². The van der Waals surface area contributed by atoms with E-state index in [-0.39, 0.29) is 6.03 Å². The van der Waals surface area contributed by atoms with Gasteiger partial charge in [0.15, 0.2) is 0 Å². The van der Waals surface area contributed by atoms with Crippen LogP contribution < -0.4 is 5.32 Å². The Morgan fingerprint density at radius 2 is 1.65 bits per heavy atom. The SMILES string of the molecule is CS(=O)(=O)N1CCN(C(=O)Nc2ccc3ccccc3c2)CC1. The van der Waals surface area contributed by atoms with Crippen LogP contribution >= 0.6 is 0 Å². The Balaban J connectivity index is 1.65. The standard InChI is InChI=1S/C16H19N3O3S/c1-23(21,22)19-10-8-18(9-11-19)16(20)17-15-7-6-13-4-2-3-5-14(13)12-15/h2-7,12H,8-11H2,1H3,(H,17,20). The van der Waals surface area contributed by atoms with Gasteiger partial charge in [0.25, 0.3) is 0 Å². The summed E-state index contributed by atoms with van der Waals surface area (Å²) < 4.78 is 24.4. The first-order chi connectivity index (χ1) is 10.9. The second-order valence-corrected chi connectivity index (χ2v) is 7.62. The molecule has 2 amide bonds. The highest BCUT2D eigenvalue weighted by Crippen LogP contribution is 2.19. The van der Waals surface area contributed by atoms with Gasteiger partial charge in [0.05, 0.1) is 6.26 Å². The normalized spacial score (nSPS) is 16.5. The largest absolute Gasteiger partial charge is 0.322 e. The number of piperazine rings is 1. The third-order valence-electron chi connectivity index (χ3n) is 4.00. The summed E-state index contributed by atoms with van der Waals surface area (Å²) in [6.45, 7) is 1.47. The van der Waals surface area contributed by atoms with E-state index in [2.05, 4.69) is 5.32 Å². The van der Waals surface area contributed by atoms with Gasteiger partial charge in [-0.25, -0.2) is 13.2 Å². The molecule has 1 saturated heterocycles. The molecule has 1 aliphatic rings. The Hall–Kier alpha value is -2.12. The highest BCUT2D eigenvalue weighted by atomic mass is 32.2. The van der Waals surface area contributed by atoms with Crippen LogP contribution in [0.15, 0.2) is 42.5 Å². The average Bonchev–Trinajstić information content (AvgIpc) is 2.54. The number of carbonyl (C=O) groups excluding carboxylic acids is 1. The van der Waals surface area contributed by atoms with Gasteiger partial charge < -0.3 is 10.2 Å². The maximum absolute atomic E-state index is 12.3. The van der Waals surface area contributed by atoms with E-state index in [9.17, 15) is 13.2 Å². The maximum atomic E-state index is 12.3. The number of hydrogen-bond acceptors (Lipinski definition) is 3. The number of benzene rings is 2. The van der Waals surface area contributed by atoms with E-state index in [0.717, 1.165) is 16.5 Å². The predicted octanol–water partition coefficient (Wildman–Crippen LogP) is 1.95. The van der Waals surface area contributed by atoms with Crippen LogP contribution in [0.2, 0.25) is 0 Å². The molecule has 0 saturated carbocycles. The Morgan fingerprint density at radius 3 is 2.30 bits per heavy atom. The van der Waals surface area contributed by atoms with Crippen molar-refractivity contribution in [3.63, 3.8) is 0 Å². The van der Waals surface area contributed by atoms with E-state index in [1.54, 1.807) is 4.90 Å². The number of sulfonamides is 1. The number of nitrogens with zero attached hydrogens (tertiary/aromatic N) is 2. The molecule has 0 atom stereocenters. The van der Waals surface area contributed by atoms with Crippen molar-refractivity contribution in [2.75, 3.05) is 37.8 Å². The fourth-order valence-corrected chi connectivity index (χ4v) is 3.52. The second-order valence-electron chi connectivity index (χ2n) is 5.64. The van der Waals surface area contributed by atoms with Crippen LogP contribution in [0.25, 0.3) is 10.8 Å². The number of hydrogen-bond donors (Lipinski definition) is 1. The van der Waals surface area contributed by atoms with E-state index < -0.39 is 10.0 Å². The smallest absolute Gasteiger partial charge is 0.321 e. The van der Waals surface area contributed by atoms with Crippen LogP contribution in [0, 0.1) is 0 Å². The van der Waals surface area contributed by atoms with Gasteiger partial charge in [-0.15, -0.1) is 0 Å². The number of carbonyl (C=O) groups is 1. The summed E-state index contributed by atoms with van der Waals surface area (Å²) in [6, 6.07) is 13.5. The van der Waals surface area contributed by atoms with Crippen molar-refractivity contribution in [2.24, 2.45) is 0 Å². The minimum atomic E-state index is -3.18. The molecule has 1 aliphatic heterocycles. The molecule has 1 fully saturated rings. The topological polar surface area (TPSA) is 69.7 Å². The average molecular weight is 333 g/mol. The number of amides is 2. The number of anilines is 1. The number of fused-ring (bicyclic) bond motifs is 1. The number of urea groups is 1. The van der Waals surface area contributed by atoms with Gasteiger partial charge in [-0.1, -0.05) is 30.3 Å². The molecular weight excluding hydrogens is 314 g/mol. The van der Waals surface area contributed by atoms with Gasteiger partial charge in [0.2, 0.25) is 10.0 Å². The van der Waals surface area contributed by atoms with Crippen LogP contribution in [-0.4, -0.2) is 56.1 Å². The molecule has 23 heavy (non-hydrogen) atoms. The van der Waals surface area contributed by atoms with Crippen LogP contribution in [0.3, 0.4) is 0 Å². The maximum Gasteiger partial charge on any atom is 0.321 e. The van der Waals surface area contributed by atoms with Crippen molar-refractivity contribution >= 4 is 32.5 Å². The van der Waals surface area contributed by atoms with Gasteiger partial charge in [-0.2, -0.15) is 4.31 Å². The highest BCUT2D eigenvalue weighted by Gasteiger charge is 2.25. The Bertz CT molecular complexity index is 827. The summed E-state index contributed by atoms with van der Waals surface area (Å²) in [5.74, 6) is 0. The molecule has 3 rings (SSSR count). The van der Waals surface area contributed by atoms with Gasteiger partial charge >= 0.3 is 6.03 Å². The summed E-state index contributed by atoms with van der Waals surface area (Å²) in [7, 11) is -3.18. The summed E-state index contributed by atoms with van der Waals surface area (Å²) in [4.78, 5) is 13.9. The lowest BCUT2D eigenvalue weighted by molar-refractivity contribution is 0.184. The summed E-state index contributed by atoms with van der Waals surface area (Å²) in [5.41, 5.74) is 0.735. The van der Waals surface area contributed by atoms with Gasteiger partial charge in [0.1, 0.15) is 0 Å². The first-order valence-electron chi connectivity index (χ1n) is 7.43. The van der Waals surface area contributed by atoms with Crippen molar-refractivity contribution in [3.05, 3.63) is 42.5 Å². The molecule has 0 unspecified atom stereocenters. The zero-order valence-electron chi connectivity index (χ0n) is 12.9. The van der Waals surface area contributed by atoms with Crippen molar-refractivity contribution < 1.29 is 13.2 Å². The lowest BCUT2D eigenvalue weighted by atomic mass is 10.1. The Labute approximate surface area is 135 Å². The summed E-state index contributed by atoms with van der Waals surface area (Å²) in [6.07, 6.45) is 1.19. The van der Waals surface area contributed by atoms with E-state index in [1.165, 1.54) is 10.6 Å². The third kappa shape index (κ3) is 3.62. The monoisotopic (exact) mass is 333 g/mol. The number of rotatable bonds is 2. The lowest BCUT2D eigenvalue weighted by Crippen LogP contribution is -2.51. The van der Waals surface area contributed by atoms with E-state index in [1.807, 2.05) is 42.5 Å². The molecule has 1 N–H and O–H groups in total. The first-order valence-corrected chi connectivity index (χ1v) is 9.28. The quantitative estimate of drug-likeness (QED) is 0.913. The van der Waals surface area contributed by atoms with Crippen molar-refractivity contribution in [1.29, 1.82) is 0 Å². The zero-order valence-corrected chi connectivity index (χ0v) is 13.7.